The second kappa shape index (κ2) is 5.47. The van der Waals surface area contributed by atoms with Gasteiger partial charge in [0.25, 0.3) is 0 Å². The quantitative estimate of drug-likeness (QED) is 0.852. The van der Waals surface area contributed by atoms with Gasteiger partial charge in [0.05, 0.1) is 18.5 Å². The molecule has 1 atom stereocenters. The van der Waals surface area contributed by atoms with E-state index < -0.39 is 0 Å². The Balaban J connectivity index is 2.16. The summed E-state index contributed by atoms with van der Waals surface area (Å²) in [5.74, 6) is 0. The molecule has 0 aromatic carbocycles. The van der Waals surface area contributed by atoms with Gasteiger partial charge in [-0.25, -0.2) is 0 Å². The third kappa shape index (κ3) is 2.76. The first-order valence-electron chi connectivity index (χ1n) is 6.17. The van der Waals surface area contributed by atoms with Gasteiger partial charge in [-0.05, 0) is 33.0 Å². The minimum absolute atomic E-state index is 0.0843. The van der Waals surface area contributed by atoms with Crippen LogP contribution in [0.2, 0.25) is 0 Å². The van der Waals surface area contributed by atoms with Crippen LogP contribution in [-0.2, 0) is 6.61 Å². The molecule has 17 heavy (non-hydrogen) atoms. The summed E-state index contributed by atoms with van der Waals surface area (Å²) in [6.45, 7) is 2.16. The molecule has 1 unspecified atom stereocenters. The lowest BCUT2D eigenvalue weighted by Gasteiger charge is -2.38. The topological polar surface area (TPSA) is 39.6 Å². The van der Waals surface area contributed by atoms with Crippen molar-refractivity contribution in [2.75, 3.05) is 32.1 Å². The molecule has 0 bridgehead atoms. The molecule has 94 valence electrons. The van der Waals surface area contributed by atoms with Crippen molar-refractivity contribution in [1.82, 2.24) is 9.88 Å². The van der Waals surface area contributed by atoms with E-state index in [9.17, 15) is 5.11 Å². The third-order valence-electron chi connectivity index (χ3n) is 3.53. The van der Waals surface area contributed by atoms with Gasteiger partial charge in [-0.2, -0.15) is 0 Å². The molecule has 0 saturated carbocycles. The lowest BCUT2D eigenvalue weighted by molar-refractivity contribution is 0.256. The van der Waals surface area contributed by atoms with E-state index >= 15 is 0 Å². The Kier molecular flexibility index (Phi) is 3.97. The smallest absolute Gasteiger partial charge is 0.0703 e. The molecule has 1 aliphatic heterocycles. The van der Waals surface area contributed by atoms with E-state index in [0.717, 1.165) is 24.3 Å². The number of hydrogen-bond acceptors (Lipinski definition) is 4. The Morgan fingerprint density at radius 3 is 3.06 bits per heavy atom. The van der Waals surface area contributed by atoms with Crippen LogP contribution < -0.4 is 4.90 Å². The molecule has 1 aromatic rings. The van der Waals surface area contributed by atoms with Gasteiger partial charge in [-0.1, -0.05) is 0 Å². The zero-order valence-corrected chi connectivity index (χ0v) is 10.6. The summed E-state index contributed by atoms with van der Waals surface area (Å²) in [6.07, 6.45) is 6.05. The maximum atomic E-state index is 9.36. The van der Waals surface area contributed by atoms with Crippen LogP contribution in [0.3, 0.4) is 0 Å². The number of piperidine rings is 1. The molecule has 1 fully saturated rings. The van der Waals surface area contributed by atoms with Crippen molar-refractivity contribution in [3.05, 3.63) is 24.0 Å². The number of aromatic nitrogens is 1. The van der Waals surface area contributed by atoms with E-state index in [2.05, 4.69) is 28.9 Å². The fourth-order valence-corrected chi connectivity index (χ4v) is 2.43. The number of hydrogen-bond donors (Lipinski definition) is 1. The number of aliphatic hydroxyl groups is 1. The van der Waals surface area contributed by atoms with Crippen LogP contribution in [0.25, 0.3) is 0 Å². The lowest BCUT2D eigenvalue weighted by atomic mass is 10.0. The van der Waals surface area contributed by atoms with Gasteiger partial charge in [0.1, 0.15) is 0 Å². The molecule has 4 nitrogen and oxygen atoms in total. The Morgan fingerprint density at radius 1 is 1.53 bits per heavy atom. The van der Waals surface area contributed by atoms with Crippen molar-refractivity contribution in [1.29, 1.82) is 0 Å². The summed E-state index contributed by atoms with van der Waals surface area (Å²) in [7, 11) is 4.26. The number of anilines is 1. The van der Waals surface area contributed by atoms with Gasteiger partial charge >= 0.3 is 0 Å². The second-order valence-electron chi connectivity index (χ2n) is 4.87. The van der Waals surface area contributed by atoms with Gasteiger partial charge in [0.15, 0.2) is 0 Å². The van der Waals surface area contributed by atoms with Gasteiger partial charge < -0.3 is 14.9 Å². The van der Waals surface area contributed by atoms with E-state index in [1.54, 1.807) is 6.20 Å². The summed E-state index contributed by atoms with van der Waals surface area (Å²) in [5, 5.41) is 9.36. The number of aliphatic hydroxyl groups excluding tert-OH is 1. The molecule has 0 amide bonds. The van der Waals surface area contributed by atoms with Crippen molar-refractivity contribution < 1.29 is 5.11 Å². The minimum Gasteiger partial charge on any atom is -0.392 e. The van der Waals surface area contributed by atoms with E-state index in [0.29, 0.717) is 6.04 Å². The molecule has 0 spiro atoms. The lowest BCUT2D eigenvalue weighted by Crippen LogP contribution is -2.45. The molecule has 2 heterocycles. The summed E-state index contributed by atoms with van der Waals surface area (Å²) in [6, 6.07) is 2.49. The maximum Gasteiger partial charge on any atom is 0.0703 e. The summed E-state index contributed by atoms with van der Waals surface area (Å²) in [4.78, 5) is 8.79. The molecule has 2 rings (SSSR count). The largest absolute Gasteiger partial charge is 0.392 e. The Bertz CT molecular complexity index is 367. The number of pyridine rings is 1. The van der Waals surface area contributed by atoms with Crippen LogP contribution in [-0.4, -0.2) is 48.2 Å². The van der Waals surface area contributed by atoms with Gasteiger partial charge in [0, 0.05) is 30.9 Å². The van der Waals surface area contributed by atoms with Gasteiger partial charge in [-0.3, -0.25) is 4.98 Å². The first-order chi connectivity index (χ1) is 8.22. The van der Waals surface area contributed by atoms with E-state index in [1.807, 2.05) is 12.3 Å². The number of likely N-dealkylation sites (N-methyl/N-ethyl adjacent to an activating group) is 1. The van der Waals surface area contributed by atoms with E-state index in [-0.39, 0.29) is 6.61 Å². The fourth-order valence-electron chi connectivity index (χ4n) is 2.43. The molecule has 0 aliphatic carbocycles. The first-order valence-corrected chi connectivity index (χ1v) is 6.17. The second-order valence-corrected chi connectivity index (χ2v) is 4.87. The molecule has 1 aliphatic rings. The van der Waals surface area contributed by atoms with Crippen molar-refractivity contribution in [2.45, 2.75) is 25.5 Å². The first kappa shape index (κ1) is 12.3. The van der Waals surface area contributed by atoms with E-state index in [1.165, 1.54) is 12.8 Å². The monoisotopic (exact) mass is 235 g/mol. The standard InChI is InChI=1S/C13H21N3O/c1-15(2)12-4-3-7-16(9-12)13-8-14-6-5-11(13)10-17/h5-6,8,12,17H,3-4,7,9-10H2,1-2H3. The zero-order valence-electron chi connectivity index (χ0n) is 10.6. The average Bonchev–Trinajstić information content (AvgIpc) is 2.39. The van der Waals surface area contributed by atoms with Crippen LogP contribution in [0.4, 0.5) is 5.69 Å². The van der Waals surface area contributed by atoms with Crippen LogP contribution >= 0.6 is 0 Å². The number of rotatable bonds is 3. The normalized spacial score (nSPS) is 20.9. The van der Waals surface area contributed by atoms with Crippen LogP contribution in [0.5, 0.6) is 0 Å². The van der Waals surface area contributed by atoms with Crippen molar-refractivity contribution in [3.63, 3.8) is 0 Å². The fraction of sp³-hybridized carbons (Fsp3) is 0.615. The summed E-state index contributed by atoms with van der Waals surface area (Å²) in [5.41, 5.74) is 2.06. The van der Waals surface area contributed by atoms with Crippen molar-refractivity contribution in [2.24, 2.45) is 0 Å². The van der Waals surface area contributed by atoms with Crippen molar-refractivity contribution in [3.8, 4) is 0 Å². The van der Waals surface area contributed by atoms with E-state index in [4.69, 9.17) is 0 Å². The molecular formula is C13H21N3O. The van der Waals surface area contributed by atoms with Gasteiger partial charge in [-0.15, -0.1) is 0 Å². The van der Waals surface area contributed by atoms with Gasteiger partial charge in [0.2, 0.25) is 0 Å². The van der Waals surface area contributed by atoms with Crippen LogP contribution in [0.1, 0.15) is 18.4 Å². The third-order valence-corrected chi connectivity index (χ3v) is 3.53. The Morgan fingerprint density at radius 2 is 2.35 bits per heavy atom. The molecule has 0 radical (unpaired) electrons. The number of nitrogens with zero attached hydrogens (tertiary/aromatic N) is 3. The Labute approximate surface area is 103 Å². The average molecular weight is 235 g/mol. The molecule has 1 saturated heterocycles. The SMILES string of the molecule is CN(C)C1CCCN(c2cnccc2CO)C1. The molecule has 1 aromatic heterocycles. The summed E-state index contributed by atoms with van der Waals surface area (Å²) >= 11 is 0. The Hall–Kier alpha value is -1.13. The zero-order chi connectivity index (χ0) is 12.3. The predicted octanol–water partition coefficient (Wildman–Crippen LogP) is 1.10. The highest BCUT2D eigenvalue weighted by Gasteiger charge is 2.22. The minimum atomic E-state index is 0.0843. The predicted molar refractivity (Wildman–Crippen MR) is 69.1 cm³/mol. The highest BCUT2D eigenvalue weighted by Crippen LogP contribution is 2.24. The van der Waals surface area contributed by atoms with Crippen LogP contribution in [0.15, 0.2) is 18.5 Å². The molecular weight excluding hydrogens is 214 g/mol. The maximum absolute atomic E-state index is 9.36. The molecule has 1 N–H and O–H groups in total. The molecule has 4 heteroatoms. The van der Waals surface area contributed by atoms with Crippen molar-refractivity contribution >= 4 is 5.69 Å². The highest BCUT2D eigenvalue weighted by molar-refractivity contribution is 5.51. The summed E-state index contributed by atoms with van der Waals surface area (Å²) < 4.78 is 0. The highest BCUT2D eigenvalue weighted by atomic mass is 16.3. The van der Waals surface area contributed by atoms with Crippen LogP contribution in [0, 0.1) is 0 Å².